The zero-order chi connectivity index (χ0) is 33.2. The summed E-state index contributed by atoms with van der Waals surface area (Å²) in [6.45, 7) is 7.40. The molecule has 4 heterocycles. The van der Waals surface area contributed by atoms with Crippen LogP contribution in [0.3, 0.4) is 0 Å². The lowest BCUT2D eigenvalue weighted by molar-refractivity contribution is -0.123. The summed E-state index contributed by atoms with van der Waals surface area (Å²) in [5.41, 5.74) is 1.74. The van der Waals surface area contributed by atoms with Crippen LogP contribution in [0.2, 0.25) is 0 Å². The number of urea groups is 1. The fraction of sp³-hybridized carbons (Fsp3) is 0.0303. The SMILES string of the molecule is O=C1NC(=O)C(=C2N=C(c3c(O)[nH]c(=O)[nH]c3=O)c3ccccc32)C(=O)N1.[C-]#[N+]/C(Cc1ccccc1)=C1/NC(=O)c2ccccc21. The summed E-state index contributed by atoms with van der Waals surface area (Å²) in [5.74, 6) is -2.74. The fourth-order valence-electron chi connectivity index (χ4n) is 5.23. The van der Waals surface area contributed by atoms with Gasteiger partial charge in [0, 0.05) is 23.1 Å². The topological polar surface area (TPSA) is 207 Å². The Morgan fingerprint density at radius 1 is 0.702 bits per heavy atom. The average Bonchev–Trinajstić information content (AvgIpc) is 3.58. The zero-order valence-corrected chi connectivity index (χ0v) is 24.0. The molecule has 0 atom stereocenters. The first kappa shape index (κ1) is 29.9. The molecule has 0 spiro atoms. The standard InChI is InChI=1S/C17H12N2O.C16H9N5O6/c1-18-15(11-12-7-3-2-4-8-12)16-13-9-5-6-10-14(13)17(20)19-16;22-11-7(12(23)19-15(26)18-11)9-5-3-1-2-4-6(5)10(17-9)8-13(24)20-16(27)21-14(8)25/h2-10H,11H2,(H,19,20);1-4H,(H2,18,19,22,23,26)(H3,20,21,24,25,27)/b16-15+;. The summed E-state index contributed by atoms with van der Waals surface area (Å²) in [7, 11) is 0. The molecule has 1 saturated heterocycles. The van der Waals surface area contributed by atoms with Crippen molar-refractivity contribution >= 4 is 40.9 Å². The number of aromatic nitrogens is 2. The Morgan fingerprint density at radius 3 is 1.94 bits per heavy atom. The van der Waals surface area contributed by atoms with E-state index in [1.165, 1.54) is 0 Å². The van der Waals surface area contributed by atoms with E-state index in [0.717, 1.165) is 11.1 Å². The Hall–Kier alpha value is -7.14. The Morgan fingerprint density at radius 2 is 1.30 bits per heavy atom. The van der Waals surface area contributed by atoms with Crippen molar-refractivity contribution in [1.29, 1.82) is 0 Å². The molecule has 0 aliphatic carbocycles. The zero-order valence-electron chi connectivity index (χ0n) is 24.0. The van der Waals surface area contributed by atoms with Crippen LogP contribution in [-0.2, 0) is 16.0 Å². The molecule has 4 aromatic rings. The molecular formula is C33H21N7O7. The highest BCUT2D eigenvalue weighted by atomic mass is 16.3. The van der Waals surface area contributed by atoms with E-state index in [0.29, 0.717) is 34.5 Å². The van der Waals surface area contributed by atoms with Crippen LogP contribution < -0.4 is 27.2 Å². The highest BCUT2D eigenvalue weighted by molar-refractivity contribution is 6.34. The number of imide groups is 2. The van der Waals surface area contributed by atoms with Gasteiger partial charge in [0.15, 0.2) is 5.70 Å². The van der Waals surface area contributed by atoms with Crippen LogP contribution in [-0.4, -0.2) is 44.5 Å². The predicted octanol–water partition coefficient (Wildman–Crippen LogP) is 1.96. The number of aromatic hydroxyl groups is 1. The first-order valence-electron chi connectivity index (χ1n) is 13.9. The number of hydrogen-bond acceptors (Lipinski definition) is 8. The third-order valence-electron chi connectivity index (χ3n) is 7.28. The minimum Gasteiger partial charge on any atom is -0.494 e. The highest BCUT2D eigenvalue weighted by Crippen LogP contribution is 2.34. The summed E-state index contributed by atoms with van der Waals surface area (Å²) in [6.07, 6.45) is 0.522. The van der Waals surface area contributed by atoms with Gasteiger partial charge in [-0.1, -0.05) is 78.4 Å². The van der Waals surface area contributed by atoms with E-state index in [-0.39, 0.29) is 22.9 Å². The molecule has 3 aliphatic rings. The molecule has 1 aromatic heterocycles. The minimum atomic E-state index is -0.959. The second-order valence-electron chi connectivity index (χ2n) is 10.2. The quantitative estimate of drug-likeness (QED) is 0.113. The van der Waals surface area contributed by atoms with Gasteiger partial charge in [-0.2, -0.15) is 0 Å². The van der Waals surface area contributed by atoms with Gasteiger partial charge in [0.25, 0.3) is 23.3 Å². The molecule has 0 unspecified atom stereocenters. The number of rotatable bonds is 3. The Bertz CT molecular complexity index is 2270. The van der Waals surface area contributed by atoms with Gasteiger partial charge in [-0.25, -0.2) is 19.4 Å². The number of allylic oxidation sites excluding steroid dienone is 1. The third-order valence-corrected chi connectivity index (χ3v) is 7.28. The number of barbiturate groups is 1. The molecule has 3 aromatic carbocycles. The van der Waals surface area contributed by atoms with Crippen LogP contribution in [0.4, 0.5) is 4.79 Å². The van der Waals surface area contributed by atoms with Crippen LogP contribution in [0.5, 0.6) is 5.88 Å². The van der Waals surface area contributed by atoms with Crippen molar-refractivity contribution in [3.8, 4) is 5.88 Å². The molecule has 1 fully saturated rings. The Labute approximate surface area is 264 Å². The van der Waals surface area contributed by atoms with Crippen LogP contribution in [0, 0.1) is 6.57 Å². The van der Waals surface area contributed by atoms with E-state index in [1.807, 2.05) is 69.1 Å². The molecule has 14 nitrogen and oxygen atoms in total. The summed E-state index contributed by atoms with van der Waals surface area (Å²) in [6, 6.07) is 22.6. The lowest BCUT2D eigenvalue weighted by Gasteiger charge is -2.15. The molecule has 6 N–H and O–H groups in total. The summed E-state index contributed by atoms with van der Waals surface area (Å²) in [4.78, 5) is 82.8. The third kappa shape index (κ3) is 5.63. The van der Waals surface area contributed by atoms with Crippen LogP contribution in [0.25, 0.3) is 16.2 Å². The van der Waals surface area contributed by atoms with E-state index in [2.05, 4.69) is 15.2 Å². The van der Waals surface area contributed by atoms with Crippen molar-refractivity contribution in [2.45, 2.75) is 6.42 Å². The van der Waals surface area contributed by atoms with E-state index in [1.54, 1.807) is 30.3 Å². The van der Waals surface area contributed by atoms with E-state index >= 15 is 0 Å². The van der Waals surface area contributed by atoms with Gasteiger partial charge in [-0.15, -0.1) is 0 Å². The van der Waals surface area contributed by atoms with Gasteiger partial charge in [0.2, 0.25) is 5.88 Å². The number of carbonyl (C=O) groups is 4. The van der Waals surface area contributed by atoms with E-state index in [9.17, 15) is 33.9 Å². The molecule has 0 radical (unpaired) electrons. The first-order chi connectivity index (χ1) is 22.7. The molecular weight excluding hydrogens is 606 g/mol. The predicted molar refractivity (Wildman–Crippen MR) is 168 cm³/mol. The number of H-pyrrole nitrogens is 2. The molecule has 0 saturated carbocycles. The second kappa shape index (κ2) is 12.1. The molecule has 5 amide bonds. The number of amides is 5. The van der Waals surface area contributed by atoms with Gasteiger partial charge in [-0.05, 0) is 11.6 Å². The molecule has 0 bridgehead atoms. The molecule has 47 heavy (non-hydrogen) atoms. The normalized spacial score (nSPS) is 15.7. The highest BCUT2D eigenvalue weighted by Gasteiger charge is 2.36. The molecule has 7 rings (SSSR count). The second-order valence-corrected chi connectivity index (χ2v) is 10.2. The lowest BCUT2D eigenvalue weighted by atomic mass is 9.98. The van der Waals surface area contributed by atoms with Crippen molar-refractivity contribution in [2.75, 3.05) is 0 Å². The number of fused-ring (bicyclic) bond motifs is 2. The van der Waals surface area contributed by atoms with Gasteiger partial charge in [0.05, 0.1) is 23.7 Å². The van der Waals surface area contributed by atoms with Gasteiger partial charge in [0.1, 0.15) is 11.1 Å². The maximum Gasteiger partial charge on any atom is 0.328 e. The van der Waals surface area contributed by atoms with E-state index in [4.69, 9.17) is 6.57 Å². The van der Waals surface area contributed by atoms with Crippen LogP contribution in [0.1, 0.15) is 38.2 Å². The fourth-order valence-corrected chi connectivity index (χ4v) is 5.23. The Balaban J connectivity index is 0.000000172. The van der Waals surface area contributed by atoms with Crippen LogP contribution in [0.15, 0.2) is 105 Å². The smallest absolute Gasteiger partial charge is 0.328 e. The summed E-state index contributed by atoms with van der Waals surface area (Å²) in [5, 5.41) is 16.7. The summed E-state index contributed by atoms with van der Waals surface area (Å²) < 4.78 is 0. The molecule has 3 aliphatic heterocycles. The number of benzene rings is 3. The van der Waals surface area contributed by atoms with Crippen molar-refractivity contribution in [1.82, 2.24) is 25.9 Å². The van der Waals surface area contributed by atoms with Gasteiger partial charge in [-0.3, -0.25) is 39.8 Å². The number of nitrogens with one attached hydrogen (secondary N) is 5. The lowest BCUT2D eigenvalue weighted by Crippen LogP contribution is -2.51. The number of aromatic amines is 2. The molecule has 230 valence electrons. The number of carbonyl (C=O) groups excluding carboxylic acids is 4. The number of aliphatic imine (C=N–C) groups is 1. The minimum absolute atomic E-state index is 0.0411. The van der Waals surface area contributed by atoms with Crippen molar-refractivity contribution in [3.05, 3.63) is 156 Å². The average molecular weight is 628 g/mol. The largest absolute Gasteiger partial charge is 0.494 e. The van der Waals surface area contributed by atoms with Crippen LogP contribution >= 0.6 is 0 Å². The maximum atomic E-state index is 12.2. The number of nitrogens with zero attached hydrogens (tertiary/aromatic N) is 2. The maximum absolute atomic E-state index is 12.2. The summed E-state index contributed by atoms with van der Waals surface area (Å²) >= 11 is 0. The van der Waals surface area contributed by atoms with Crippen molar-refractivity contribution in [2.24, 2.45) is 4.99 Å². The van der Waals surface area contributed by atoms with Crippen molar-refractivity contribution < 1.29 is 24.3 Å². The van der Waals surface area contributed by atoms with E-state index < -0.39 is 40.5 Å². The van der Waals surface area contributed by atoms with Gasteiger partial charge < -0.3 is 10.4 Å². The molecule has 14 heteroatoms. The monoisotopic (exact) mass is 627 g/mol. The Kier molecular flexibility index (Phi) is 7.70. The van der Waals surface area contributed by atoms with Gasteiger partial charge >= 0.3 is 11.7 Å². The number of hydrogen-bond donors (Lipinski definition) is 6. The van der Waals surface area contributed by atoms with Crippen molar-refractivity contribution in [3.63, 3.8) is 0 Å². The first-order valence-corrected chi connectivity index (χ1v) is 13.9.